The number of nitrogens with two attached hydrogens (primary N) is 1. The van der Waals surface area contributed by atoms with Gasteiger partial charge >= 0.3 is 0 Å². The van der Waals surface area contributed by atoms with Gasteiger partial charge in [0.25, 0.3) is 0 Å². The summed E-state index contributed by atoms with van der Waals surface area (Å²) in [6.07, 6.45) is 0. The van der Waals surface area contributed by atoms with E-state index in [0.29, 0.717) is 6.54 Å². The van der Waals surface area contributed by atoms with Crippen molar-refractivity contribution in [1.82, 2.24) is 0 Å². The molecule has 2 rings (SSSR count). The molecule has 0 saturated carbocycles. The minimum atomic E-state index is 0.0646. The van der Waals surface area contributed by atoms with Crippen molar-refractivity contribution >= 4 is 21.4 Å². The van der Waals surface area contributed by atoms with Crippen LogP contribution in [0.3, 0.4) is 0 Å². The largest absolute Gasteiger partial charge is 0.326 e. The summed E-state index contributed by atoms with van der Waals surface area (Å²) in [6.45, 7) is 0.435. The van der Waals surface area contributed by atoms with Crippen LogP contribution in [-0.4, -0.2) is 0 Å². The molecule has 2 aromatic rings. The van der Waals surface area contributed by atoms with E-state index in [2.05, 4.69) is 0 Å². The van der Waals surface area contributed by atoms with Crippen LogP contribution in [0.4, 0.5) is 0 Å². The molecule has 0 aliphatic carbocycles. The zero-order valence-corrected chi connectivity index (χ0v) is 7.80. The van der Waals surface area contributed by atoms with Crippen molar-refractivity contribution in [2.45, 2.75) is 6.54 Å². The molecule has 66 valence electrons. The van der Waals surface area contributed by atoms with Crippen LogP contribution >= 0.6 is 11.3 Å². The number of fused-ring (bicyclic) bond motifs is 1. The van der Waals surface area contributed by atoms with Gasteiger partial charge in [-0.3, -0.25) is 4.79 Å². The number of hydrogen-bond donors (Lipinski definition) is 1. The molecule has 0 amide bonds. The van der Waals surface area contributed by atoms with Crippen molar-refractivity contribution in [2.24, 2.45) is 5.73 Å². The van der Waals surface area contributed by atoms with Crippen LogP contribution in [0, 0.1) is 0 Å². The summed E-state index contributed by atoms with van der Waals surface area (Å²) in [4.78, 5) is 12.4. The zero-order chi connectivity index (χ0) is 9.26. The predicted molar refractivity (Wildman–Crippen MR) is 56.0 cm³/mol. The molecule has 0 aliphatic heterocycles. The van der Waals surface area contributed by atoms with Gasteiger partial charge in [0, 0.05) is 27.6 Å². The molecule has 1 aromatic carbocycles. The first-order chi connectivity index (χ1) is 6.31. The predicted octanol–water partition coefficient (Wildman–Crippen LogP) is 1.72. The second kappa shape index (κ2) is 3.28. The van der Waals surface area contributed by atoms with E-state index in [0.717, 1.165) is 15.0 Å². The number of benzene rings is 1. The van der Waals surface area contributed by atoms with Crippen LogP contribution in [-0.2, 0) is 6.54 Å². The molecular formula is C10H9NOS. The van der Waals surface area contributed by atoms with Crippen molar-refractivity contribution < 1.29 is 0 Å². The summed E-state index contributed by atoms with van der Waals surface area (Å²) in [5, 5.41) is 0.782. The molecule has 0 spiro atoms. The minimum Gasteiger partial charge on any atom is -0.326 e. The van der Waals surface area contributed by atoms with Gasteiger partial charge in [0.15, 0.2) is 5.43 Å². The van der Waals surface area contributed by atoms with Gasteiger partial charge in [0.1, 0.15) is 0 Å². The third kappa shape index (κ3) is 1.48. The van der Waals surface area contributed by atoms with Gasteiger partial charge in [-0.1, -0.05) is 12.1 Å². The van der Waals surface area contributed by atoms with Gasteiger partial charge in [-0.05, 0) is 12.1 Å². The Morgan fingerprint density at radius 2 is 2.08 bits per heavy atom. The topological polar surface area (TPSA) is 43.1 Å². The molecule has 0 radical (unpaired) electrons. The molecule has 3 heteroatoms. The molecule has 1 heterocycles. The number of rotatable bonds is 1. The molecule has 0 aliphatic rings. The van der Waals surface area contributed by atoms with E-state index in [1.165, 1.54) is 0 Å². The Kier molecular flexibility index (Phi) is 2.12. The Morgan fingerprint density at radius 3 is 2.85 bits per heavy atom. The Labute approximate surface area is 79.6 Å². The monoisotopic (exact) mass is 191 g/mol. The van der Waals surface area contributed by atoms with Crippen molar-refractivity contribution in [3.05, 3.63) is 45.4 Å². The van der Waals surface area contributed by atoms with Gasteiger partial charge in [-0.15, -0.1) is 11.3 Å². The highest BCUT2D eigenvalue weighted by Gasteiger charge is 1.99. The summed E-state index contributed by atoms with van der Waals surface area (Å²) in [6, 6.07) is 9.21. The van der Waals surface area contributed by atoms with Crippen molar-refractivity contribution in [2.75, 3.05) is 0 Å². The molecular weight excluding hydrogens is 182 g/mol. The summed E-state index contributed by atoms with van der Waals surface area (Å²) >= 11 is 1.58. The molecule has 13 heavy (non-hydrogen) atoms. The summed E-state index contributed by atoms with van der Waals surface area (Å²) < 4.78 is 1.01. The van der Waals surface area contributed by atoms with E-state index < -0.39 is 0 Å². The molecule has 0 unspecified atom stereocenters. The van der Waals surface area contributed by atoms with Gasteiger partial charge in [-0.2, -0.15) is 0 Å². The van der Waals surface area contributed by atoms with Gasteiger partial charge in [0.2, 0.25) is 0 Å². The standard InChI is InChI=1S/C10H9NOS/c11-6-7-5-9(12)8-3-1-2-4-10(8)13-7/h1-5H,6,11H2. The van der Waals surface area contributed by atoms with Crippen molar-refractivity contribution in [1.29, 1.82) is 0 Å². The second-order valence-corrected chi connectivity index (χ2v) is 3.95. The third-order valence-corrected chi connectivity index (χ3v) is 3.01. The van der Waals surface area contributed by atoms with E-state index in [9.17, 15) is 4.79 Å². The van der Waals surface area contributed by atoms with E-state index >= 15 is 0 Å². The van der Waals surface area contributed by atoms with Crippen LogP contribution < -0.4 is 11.2 Å². The first-order valence-corrected chi connectivity index (χ1v) is 4.85. The Morgan fingerprint density at radius 1 is 1.31 bits per heavy atom. The average molecular weight is 191 g/mol. The Balaban J connectivity index is 2.85. The second-order valence-electron chi connectivity index (χ2n) is 2.78. The van der Waals surface area contributed by atoms with E-state index in [1.807, 2.05) is 24.3 Å². The van der Waals surface area contributed by atoms with Gasteiger partial charge < -0.3 is 5.73 Å². The molecule has 2 N–H and O–H groups in total. The molecule has 0 saturated heterocycles. The normalized spacial score (nSPS) is 10.5. The molecule has 0 atom stereocenters. The van der Waals surface area contributed by atoms with Crippen LogP contribution in [0.15, 0.2) is 35.1 Å². The van der Waals surface area contributed by atoms with Crippen molar-refractivity contribution in [3.63, 3.8) is 0 Å². The fraction of sp³-hybridized carbons (Fsp3) is 0.100. The van der Waals surface area contributed by atoms with Crippen LogP contribution in [0.1, 0.15) is 4.88 Å². The molecule has 0 fully saturated rings. The van der Waals surface area contributed by atoms with Crippen LogP contribution in [0.25, 0.3) is 10.1 Å². The van der Waals surface area contributed by atoms with Gasteiger partial charge in [-0.25, -0.2) is 0 Å². The van der Waals surface area contributed by atoms with E-state index in [-0.39, 0.29) is 5.43 Å². The number of hydrogen-bond acceptors (Lipinski definition) is 3. The Bertz CT molecular complexity index is 489. The lowest BCUT2D eigenvalue weighted by atomic mass is 10.2. The van der Waals surface area contributed by atoms with Crippen molar-refractivity contribution in [3.8, 4) is 0 Å². The lowest BCUT2D eigenvalue weighted by Crippen LogP contribution is -2.03. The summed E-state index contributed by atoms with van der Waals surface area (Å²) in [5.74, 6) is 0. The first-order valence-electron chi connectivity index (χ1n) is 4.03. The smallest absolute Gasteiger partial charge is 0.188 e. The van der Waals surface area contributed by atoms with Gasteiger partial charge in [0.05, 0.1) is 0 Å². The summed E-state index contributed by atoms with van der Waals surface area (Å²) in [7, 11) is 0. The molecule has 2 nitrogen and oxygen atoms in total. The average Bonchev–Trinajstić information content (AvgIpc) is 2.18. The highest BCUT2D eigenvalue weighted by atomic mass is 32.1. The summed E-state index contributed by atoms with van der Waals surface area (Å²) in [5.41, 5.74) is 5.55. The lowest BCUT2D eigenvalue weighted by Gasteiger charge is -1.97. The highest BCUT2D eigenvalue weighted by molar-refractivity contribution is 7.18. The fourth-order valence-electron chi connectivity index (χ4n) is 1.25. The third-order valence-electron chi connectivity index (χ3n) is 1.89. The Hall–Kier alpha value is -1.19. The maximum absolute atomic E-state index is 11.5. The maximum Gasteiger partial charge on any atom is 0.188 e. The highest BCUT2D eigenvalue weighted by Crippen LogP contribution is 2.17. The SMILES string of the molecule is NCc1cc(=O)c2ccccc2s1. The van der Waals surface area contributed by atoms with E-state index in [4.69, 9.17) is 5.73 Å². The maximum atomic E-state index is 11.5. The fourth-order valence-corrected chi connectivity index (χ4v) is 2.21. The van der Waals surface area contributed by atoms with Crippen LogP contribution in [0.5, 0.6) is 0 Å². The van der Waals surface area contributed by atoms with E-state index in [1.54, 1.807) is 17.4 Å². The van der Waals surface area contributed by atoms with Crippen LogP contribution in [0.2, 0.25) is 0 Å². The first kappa shape index (κ1) is 8.41. The molecule has 0 bridgehead atoms. The zero-order valence-electron chi connectivity index (χ0n) is 6.99. The lowest BCUT2D eigenvalue weighted by molar-refractivity contribution is 1.10. The minimum absolute atomic E-state index is 0.0646. The molecule has 1 aromatic heterocycles. The quantitative estimate of drug-likeness (QED) is 0.745.